The van der Waals surface area contributed by atoms with Crippen LogP contribution in [0, 0.1) is 5.92 Å². The summed E-state index contributed by atoms with van der Waals surface area (Å²) in [5.74, 6) is 0.00306. The molecule has 0 aliphatic heterocycles. The molecule has 6 heteroatoms. The Labute approximate surface area is 152 Å². The standard InChI is InChI=1S/C19H23NO4S/c1-5-10-24-14-8-6-13(7-9-14)15-11-25-18(16(15)19(22)23-4)20-17(21)12(2)3/h6-9,11-12H,5,10H2,1-4H3,(H,20,21). The highest BCUT2D eigenvalue weighted by atomic mass is 32.1. The molecular formula is C19H23NO4S. The highest BCUT2D eigenvalue weighted by Crippen LogP contribution is 2.37. The minimum absolute atomic E-state index is 0.137. The van der Waals surface area contributed by atoms with Crippen LogP contribution in [-0.4, -0.2) is 25.6 Å². The molecule has 1 amide bonds. The lowest BCUT2D eigenvalue weighted by atomic mass is 10.0. The smallest absolute Gasteiger partial charge is 0.341 e. The molecule has 134 valence electrons. The normalized spacial score (nSPS) is 10.6. The fourth-order valence-corrected chi connectivity index (χ4v) is 3.13. The second-order valence-corrected chi connectivity index (χ2v) is 6.74. The number of thiophene rings is 1. The Morgan fingerprint density at radius 3 is 2.44 bits per heavy atom. The van der Waals surface area contributed by atoms with Crippen LogP contribution in [0.3, 0.4) is 0 Å². The van der Waals surface area contributed by atoms with Crippen molar-refractivity contribution in [3.63, 3.8) is 0 Å². The molecule has 0 spiro atoms. The van der Waals surface area contributed by atoms with E-state index in [-0.39, 0.29) is 11.8 Å². The van der Waals surface area contributed by atoms with Crippen LogP contribution in [0.5, 0.6) is 5.75 Å². The molecule has 5 nitrogen and oxygen atoms in total. The summed E-state index contributed by atoms with van der Waals surface area (Å²) in [6, 6.07) is 7.53. The van der Waals surface area contributed by atoms with Gasteiger partial charge >= 0.3 is 5.97 Å². The number of methoxy groups -OCH3 is 1. The maximum Gasteiger partial charge on any atom is 0.341 e. The van der Waals surface area contributed by atoms with Crippen molar-refractivity contribution >= 4 is 28.2 Å². The van der Waals surface area contributed by atoms with Crippen molar-refractivity contribution in [2.24, 2.45) is 5.92 Å². The lowest BCUT2D eigenvalue weighted by molar-refractivity contribution is -0.118. The van der Waals surface area contributed by atoms with Gasteiger partial charge in [0.1, 0.15) is 16.3 Å². The summed E-state index contributed by atoms with van der Waals surface area (Å²) >= 11 is 1.31. The number of rotatable bonds is 7. The zero-order chi connectivity index (χ0) is 18.4. The van der Waals surface area contributed by atoms with E-state index < -0.39 is 5.97 Å². The van der Waals surface area contributed by atoms with Gasteiger partial charge in [0.05, 0.1) is 13.7 Å². The first-order valence-corrected chi connectivity index (χ1v) is 9.09. The number of hydrogen-bond acceptors (Lipinski definition) is 5. The molecular weight excluding hydrogens is 338 g/mol. The molecule has 0 aliphatic rings. The SMILES string of the molecule is CCCOc1ccc(-c2csc(NC(=O)C(C)C)c2C(=O)OC)cc1. The molecule has 0 atom stereocenters. The zero-order valence-corrected chi connectivity index (χ0v) is 15.7. The summed E-state index contributed by atoms with van der Waals surface area (Å²) in [7, 11) is 1.33. The summed E-state index contributed by atoms with van der Waals surface area (Å²) in [6.45, 7) is 6.32. The maximum absolute atomic E-state index is 12.3. The number of esters is 1. The van der Waals surface area contributed by atoms with Gasteiger partial charge in [-0.25, -0.2) is 4.79 Å². The zero-order valence-electron chi connectivity index (χ0n) is 14.9. The predicted molar refractivity (Wildman–Crippen MR) is 100 cm³/mol. The Morgan fingerprint density at radius 2 is 1.88 bits per heavy atom. The number of nitrogens with one attached hydrogen (secondary N) is 1. The first-order chi connectivity index (χ1) is 12.0. The average molecular weight is 361 g/mol. The van der Waals surface area contributed by atoms with Crippen molar-refractivity contribution in [2.75, 3.05) is 19.0 Å². The summed E-state index contributed by atoms with van der Waals surface area (Å²) in [4.78, 5) is 24.3. The minimum atomic E-state index is -0.471. The number of benzene rings is 1. The average Bonchev–Trinajstić information content (AvgIpc) is 3.03. The van der Waals surface area contributed by atoms with Crippen LogP contribution in [0.2, 0.25) is 0 Å². The highest BCUT2D eigenvalue weighted by molar-refractivity contribution is 7.15. The van der Waals surface area contributed by atoms with Gasteiger partial charge in [0, 0.05) is 16.9 Å². The van der Waals surface area contributed by atoms with Crippen LogP contribution in [0.4, 0.5) is 5.00 Å². The summed E-state index contributed by atoms with van der Waals surface area (Å²) in [6.07, 6.45) is 0.942. The molecule has 2 rings (SSSR count). The number of anilines is 1. The largest absolute Gasteiger partial charge is 0.494 e. The van der Waals surface area contributed by atoms with E-state index >= 15 is 0 Å². The highest BCUT2D eigenvalue weighted by Gasteiger charge is 2.23. The van der Waals surface area contributed by atoms with Gasteiger partial charge in [-0.1, -0.05) is 32.9 Å². The van der Waals surface area contributed by atoms with Crippen molar-refractivity contribution in [2.45, 2.75) is 27.2 Å². The van der Waals surface area contributed by atoms with Gasteiger partial charge in [0.2, 0.25) is 5.91 Å². The summed E-state index contributed by atoms with van der Waals surface area (Å²) in [5.41, 5.74) is 1.98. The molecule has 0 bridgehead atoms. The van der Waals surface area contributed by atoms with Gasteiger partial charge in [-0.3, -0.25) is 4.79 Å². The number of ether oxygens (including phenoxy) is 2. The van der Waals surface area contributed by atoms with Gasteiger partial charge in [-0.2, -0.15) is 0 Å². The fourth-order valence-electron chi connectivity index (χ4n) is 2.17. The van der Waals surface area contributed by atoms with Crippen molar-refractivity contribution < 1.29 is 19.1 Å². The third-order valence-corrected chi connectivity index (χ3v) is 4.48. The summed E-state index contributed by atoms with van der Waals surface area (Å²) in [5, 5.41) is 5.17. The molecule has 0 saturated carbocycles. The molecule has 1 heterocycles. The molecule has 1 aromatic heterocycles. The Kier molecular flexibility index (Phi) is 6.58. The van der Waals surface area contributed by atoms with Crippen LogP contribution >= 0.6 is 11.3 Å². The van der Waals surface area contributed by atoms with E-state index in [1.165, 1.54) is 18.4 Å². The van der Waals surface area contributed by atoms with Gasteiger partial charge in [-0.15, -0.1) is 11.3 Å². The molecule has 1 N–H and O–H groups in total. The van der Waals surface area contributed by atoms with Crippen molar-refractivity contribution in [1.82, 2.24) is 0 Å². The summed E-state index contributed by atoms with van der Waals surface area (Å²) < 4.78 is 10.5. The first-order valence-electron chi connectivity index (χ1n) is 8.21. The molecule has 0 radical (unpaired) electrons. The van der Waals surface area contributed by atoms with Crippen LogP contribution < -0.4 is 10.1 Å². The molecule has 25 heavy (non-hydrogen) atoms. The number of carbonyl (C=O) groups excluding carboxylic acids is 2. The van der Waals surface area contributed by atoms with E-state index in [1.807, 2.05) is 29.6 Å². The number of amides is 1. The lowest BCUT2D eigenvalue weighted by Crippen LogP contribution is -2.18. The van der Waals surface area contributed by atoms with Crippen molar-refractivity contribution in [3.05, 3.63) is 35.2 Å². The molecule has 0 fully saturated rings. The van der Waals surface area contributed by atoms with Crippen LogP contribution in [0.15, 0.2) is 29.6 Å². The monoisotopic (exact) mass is 361 g/mol. The molecule has 0 aliphatic carbocycles. The third kappa shape index (κ3) is 4.60. The molecule has 2 aromatic rings. The Hall–Kier alpha value is -2.34. The van der Waals surface area contributed by atoms with Crippen LogP contribution in [0.1, 0.15) is 37.6 Å². The molecule has 0 saturated heterocycles. The van der Waals surface area contributed by atoms with Gasteiger partial charge in [0.15, 0.2) is 0 Å². The Morgan fingerprint density at radius 1 is 1.20 bits per heavy atom. The molecule has 0 unspecified atom stereocenters. The molecule has 1 aromatic carbocycles. The van der Waals surface area contributed by atoms with Crippen LogP contribution in [0.25, 0.3) is 11.1 Å². The van der Waals surface area contributed by atoms with Gasteiger partial charge in [0.25, 0.3) is 0 Å². The number of carbonyl (C=O) groups is 2. The van der Waals surface area contributed by atoms with E-state index in [0.717, 1.165) is 23.3 Å². The fraction of sp³-hybridized carbons (Fsp3) is 0.368. The van der Waals surface area contributed by atoms with Gasteiger partial charge < -0.3 is 14.8 Å². The van der Waals surface area contributed by atoms with Crippen molar-refractivity contribution in [3.8, 4) is 16.9 Å². The maximum atomic E-state index is 12.3. The van der Waals surface area contributed by atoms with Gasteiger partial charge in [-0.05, 0) is 24.1 Å². The quantitative estimate of drug-likeness (QED) is 0.733. The van der Waals surface area contributed by atoms with E-state index in [0.29, 0.717) is 17.2 Å². The second kappa shape index (κ2) is 8.67. The lowest BCUT2D eigenvalue weighted by Gasteiger charge is -2.10. The predicted octanol–water partition coefficient (Wildman–Crippen LogP) is 4.59. The topological polar surface area (TPSA) is 64.6 Å². The Bertz CT molecular complexity index is 734. The second-order valence-electron chi connectivity index (χ2n) is 5.86. The van der Waals surface area contributed by atoms with E-state index in [1.54, 1.807) is 13.8 Å². The number of hydrogen-bond donors (Lipinski definition) is 1. The van der Waals surface area contributed by atoms with E-state index in [2.05, 4.69) is 12.2 Å². The Balaban J connectivity index is 2.35. The van der Waals surface area contributed by atoms with Crippen molar-refractivity contribution in [1.29, 1.82) is 0 Å². The minimum Gasteiger partial charge on any atom is -0.494 e. The van der Waals surface area contributed by atoms with Crippen LogP contribution in [-0.2, 0) is 9.53 Å². The third-order valence-electron chi connectivity index (χ3n) is 3.58. The first kappa shape index (κ1) is 19.0. The van der Waals surface area contributed by atoms with E-state index in [9.17, 15) is 9.59 Å². The van der Waals surface area contributed by atoms with E-state index in [4.69, 9.17) is 9.47 Å².